The highest BCUT2D eigenvalue weighted by Gasteiger charge is 2.20. The van der Waals surface area contributed by atoms with E-state index in [1.54, 1.807) is 0 Å². The molecule has 2 heterocycles. The van der Waals surface area contributed by atoms with Crippen molar-refractivity contribution in [3.63, 3.8) is 0 Å². The van der Waals surface area contributed by atoms with Gasteiger partial charge in [0.15, 0.2) is 0 Å². The average Bonchev–Trinajstić information content (AvgIpc) is 3.82. The molecule has 0 aliphatic carbocycles. The van der Waals surface area contributed by atoms with Gasteiger partial charge in [0.05, 0.1) is 11.0 Å². The van der Waals surface area contributed by atoms with E-state index in [9.17, 15) is 0 Å². The van der Waals surface area contributed by atoms with Crippen LogP contribution in [0.15, 0.2) is 211 Å². The number of fused-ring (bicyclic) bond motifs is 11. The van der Waals surface area contributed by atoms with Gasteiger partial charge >= 0.3 is 0 Å². The fourth-order valence-corrected chi connectivity index (χ4v) is 9.16. The van der Waals surface area contributed by atoms with Crippen molar-refractivity contribution in [3.05, 3.63) is 206 Å². The quantitative estimate of drug-likeness (QED) is 0.165. The molecule has 3 heteroatoms. The number of hydrogen-bond donors (Lipinski definition) is 0. The van der Waals surface area contributed by atoms with Crippen LogP contribution in [0.4, 0.5) is 17.1 Å². The van der Waals surface area contributed by atoms with E-state index in [0.29, 0.717) is 0 Å². The van der Waals surface area contributed by atoms with Gasteiger partial charge in [-0.25, -0.2) is 0 Å². The lowest BCUT2D eigenvalue weighted by molar-refractivity contribution is 0.669. The molecule has 0 saturated heterocycles. The van der Waals surface area contributed by atoms with E-state index in [-0.39, 0.29) is 0 Å². The summed E-state index contributed by atoms with van der Waals surface area (Å²) in [5.74, 6) is 0. The van der Waals surface area contributed by atoms with Crippen molar-refractivity contribution in [1.82, 2.24) is 4.57 Å². The van der Waals surface area contributed by atoms with Crippen LogP contribution in [0.3, 0.4) is 0 Å². The van der Waals surface area contributed by atoms with Gasteiger partial charge in [-0.1, -0.05) is 127 Å². The topological polar surface area (TPSA) is 21.3 Å². The maximum atomic E-state index is 6.77. The summed E-state index contributed by atoms with van der Waals surface area (Å²) in [6.07, 6.45) is 0. The molecule has 0 fully saturated rings. The van der Waals surface area contributed by atoms with Crippen molar-refractivity contribution in [2.45, 2.75) is 0 Å². The van der Waals surface area contributed by atoms with Crippen LogP contribution in [0.2, 0.25) is 0 Å². The zero-order chi connectivity index (χ0) is 37.5. The van der Waals surface area contributed by atoms with Gasteiger partial charge in [-0.2, -0.15) is 0 Å². The largest absolute Gasteiger partial charge is 0.456 e. The Labute approximate surface area is 328 Å². The van der Waals surface area contributed by atoms with Crippen LogP contribution in [0.5, 0.6) is 0 Å². The van der Waals surface area contributed by atoms with Gasteiger partial charge < -0.3 is 13.9 Å². The first kappa shape index (κ1) is 31.7. The van der Waals surface area contributed by atoms with Crippen LogP contribution in [0.1, 0.15) is 0 Å². The molecule has 0 spiro atoms. The summed E-state index contributed by atoms with van der Waals surface area (Å²) in [6.45, 7) is 0. The minimum Gasteiger partial charge on any atom is -0.456 e. The Morgan fingerprint density at radius 1 is 0.351 bits per heavy atom. The van der Waals surface area contributed by atoms with Crippen molar-refractivity contribution in [2.75, 3.05) is 4.90 Å². The van der Waals surface area contributed by atoms with Crippen LogP contribution in [0.25, 0.3) is 92.9 Å². The summed E-state index contributed by atoms with van der Waals surface area (Å²) in [5, 5.41) is 12.0. The average molecular weight is 727 g/mol. The van der Waals surface area contributed by atoms with Crippen molar-refractivity contribution in [1.29, 1.82) is 0 Å². The molecule has 2 aromatic heterocycles. The first-order valence-corrected chi connectivity index (χ1v) is 19.5. The van der Waals surface area contributed by atoms with E-state index in [0.717, 1.165) is 55.8 Å². The highest BCUT2D eigenvalue weighted by Crippen LogP contribution is 2.45. The second-order valence-electron chi connectivity index (χ2n) is 14.9. The molecule has 12 rings (SSSR count). The molecular weight excluding hydrogens is 693 g/mol. The monoisotopic (exact) mass is 726 g/mol. The second-order valence-corrected chi connectivity index (χ2v) is 14.9. The number of aromatic nitrogens is 1. The number of anilines is 3. The number of furan rings is 1. The summed E-state index contributed by atoms with van der Waals surface area (Å²) in [7, 11) is 0. The van der Waals surface area contributed by atoms with Crippen LogP contribution in [0, 0.1) is 0 Å². The zero-order valence-corrected chi connectivity index (χ0v) is 30.9. The van der Waals surface area contributed by atoms with Crippen LogP contribution >= 0.6 is 0 Å². The van der Waals surface area contributed by atoms with E-state index in [1.807, 2.05) is 0 Å². The molecule has 0 unspecified atom stereocenters. The fraction of sp³-hybridized carbons (Fsp3) is 0. The van der Waals surface area contributed by atoms with Gasteiger partial charge in [0.1, 0.15) is 11.2 Å². The number of hydrogen-bond acceptors (Lipinski definition) is 2. The third kappa shape index (κ3) is 4.92. The molecule has 0 N–H and O–H groups in total. The van der Waals surface area contributed by atoms with E-state index >= 15 is 0 Å². The molecular formula is C54H34N2O. The number of benzene rings is 10. The molecule has 266 valence electrons. The van der Waals surface area contributed by atoms with E-state index < -0.39 is 0 Å². The van der Waals surface area contributed by atoms with Gasteiger partial charge in [-0.05, 0) is 122 Å². The Balaban J connectivity index is 1.05. The molecule has 0 bridgehead atoms. The lowest BCUT2D eigenvalue weighted by atomic mass is 9.94. The lowest BCUT2D eigenvalue weighted by Gasteiger charge is -2.26. The molecule has 3 nitrogen and oxygen atoms in total. The fourth-order valence-electron chi connectivity index (χ4n) is 9.16. The van der Waals surface area contributed by atoms with Crippen LogP contribution < -0.4 is 4.90 Å². The standard InChI is InChI=1S/C54H34N2O/c1-3-14-38(15-4-1)55(40-27-25-36-24-23-35-13-7-8-18-42(35)46(36)32-40)41-28-30-52-49(33-41)54-45-21-10-9-19-43(45)47(34-53(54)57-52)37-26-29-51-48(31-37)44-20-11-12-22-50(44)56(51)39-16-5-2-6-17-39/h1-34H. The first-order chi connectivity index (χ1) is 28.3. The molecule has 57 heavy (non-hydrogen) atoms. The Kier molecular flexibility index (Phi) is 6.93. The van der Waals surface area contributed by atoms with E-state index in [1.165, 1.54) is 54.1 Å². The Bertz CT molecular complexity index is 3520. The predicted octanol–water partition coefficient (Wildman–Crippen LogP) is 15.3. The van der Waals surface area contributed by atoms with Crippen molar-refractivity contribution in [3.8, 4) is 16.8 Å². The van der Waals surface area contributed by atoms with Crippen molar-refractivity contribution < 1.29 is 4.42 Å². The molecule has 12 aromatic rings. The Morgan fingerprint density at radius 3 is 1.79 bits per heavy atom. The summed E-state index contributed by atoms with van der Waals surface area (Å²) < 4.78 is 9.14. The van der Waals surface area contributed by atoms with Gasteiger partial charge in [-0.3, -0.25) is 0 Å². The Hall–Kier alpha value is -7.62. The number of nitrogens with zero attached hydrogens (tertiary/aromatic N) is 2. The molecule has 0 radical (unpaired) electrons. The highest BCUT2D eigenvalue weighted by molar-refractivity contribution is 6.23. The van der Waals surface area contributed by atoms with Gasteiger partial charge in [0, 0.05) is 44.3 Å². The smallest absolute Gasteiger partial charge is 0.136 e. The molecule has 0 atom stereocenters. The third-order valence-corrected chi connectivity index (χ3v) is 11.7. The minimum atomic E-state index is 0.870. The lowest BCUT2D eigenvalue weighted by Crippen LogP contribution is -2.09. The third-order valence-electron chi connectivity index (χ3n) is 11.7. The molecule has 0 amide bonds. The molecule has 0 aliphatic rings. The maximum absolute atomic E-state index is 6.77. The summed E-state index contributed by atoms with van der Waals surface area (Å²) in [6, 6.07) is 74.4. The zero-order valence-electron chi connectivity index (χ0n) is 30.9. The molecule has 0 aliphatic heterocycles. The Morgan fingerprint density at radius 2 is 0.965 bits per heavy atom. The van der Waals surface area contributed by atoms with E-state index in [4.69, 9.17) is 4.42 Å². The summed E-state index contributed by atoms with van der Waals surface area (Å²) in [4.78, 5) is 2.36. The molecule has 10 aromatic carbocycles. The predicted molar refractivity (Wildman–Crippen MR) is 241 cm³/mol. The number of rotatable bonds is 5. The molecule has 0 saturated carbocycles. The first-order valence-electron chi connectivity index (χ1n) is 19.5. The summed E-state index contributed by atoms with van der Waals surface area (Å²) in [5.41, 5.74) is 10.9. The number of para-hydroxylation sites is 3. The highest BCUT2D eigenvalue weighted by atomic mass is 16.3. The van der Waals surface area contributed by atoms with Gasteiger partial charge in [0.25, 0.3) is 0 Å². The van der Waals surface area contributed by atoms with Crippen molar-refractivity contribution in [2.24, 2.45) is 0 Å². The van der Waals surface area contributed by atoms with Crippen LogP contribution in [-0.2, 0) is 0 Å². The maximum Gasteiger partial charge on any atom is 0.136 e. The SMILES string of the molecule is c1ccc(N(c2ccc3ccc4ccccc4c3c2)c2ccc3oc4cc(-c5ccc6c(c5)c5ccccc5n6-c5ccccc5)c5ccccc5c4c3c2)cc1. The van der Waals surface area contributed by atoms with E-state index in [2.05, 4.69) is 216 Å². The second kappa shape index (κ2) is 12.5. The minimum absolute atomic E-state index is 0.870. The van der Waals surface area contributed by atoms with Gasteiger partial charge in [-0.15, -0.1) is 0 Å². The normalized spacial score (nSPS) is 11.9. The van der Waals surface area contributed by atoms with Crippen LogP contribution in [-0.4, -0.2) is 4.57 Å². The van der Waals surface area contributed by atoms with Gasteiger partial charge in [0.2, 0.25) is 0 Å². The van der Waals surface area contributed by atoms with Crippen molar-refractivity contribution >= 4 is 93.1 Å². The summed E-state index contributed by atoms with van der Waals surface area (Å²) >= 11 is 0.